The predicted molar refractivity (Wildman–Crippen MR) is 174 cm³/mol. The van der Waals surface area contributed by atoms with E-state index in [4.69, 9.17) is 24.9 Å². The van der Waals surface area contributed by atoms with Crippen LogP contribution in [0.1, 0.15) is 27.3 Å². The number of methoxy groups -OCH3 is 3. The Morgan fingerprint density at radius 3 is 2.75 bits per heavy atom. The molecule has 10 nitrogen and oxygen atoms in total. The van der Waals surface area contributed by atoms with Gasteiger partial charge in [-0.05, 0) is 49.3 Å². The van der Waals surface area contributed by atoms with Crippen molar-refractivity contribution in [2.24, 2.45) is 0 Å². The molecule has 0 radical (unpaired) electrons. The molecule has 1 amide bonds. The number of hydrogen-bond acceptors (Lipinski definition) is 11. The average Bonchev–Trinajstić information content (AvgIpc) is 3.67. The van der Waals surface area contributed by atoms with Crippen molar-refractivity contribution in [2.45, 2.75) is 31.6 Å². The van der Waals surface area contributed by atoms with E-state index in [1.807, 2.05) is 66.9 Å². The monoisotopic (exact) mass is 628 g/mol. The molecule has 1 aromatic carbocycles. The van der Waals surface area contributed by atoms with E-state index < -0.39 is 0 Å². The summed E-state index contributed by atoms with van der Waals surface area (Å²) in [5.74, 6) is 0.880. The number of nitrogens with zero attached hydrogens (tertiary/aromatic N) is 3. The first kappa shape index (κ1) is 29.7. The van der Waals surface area contributed by atoms with Gasteiger partial charge >= 0.3 is 0 Å². The van der Waals surface area contributed by atoms with Gasteiger partial charge in [0.25, 0.3) is 5.91 Å². The lowest BCUT2D eigenvalue weighted by Gasteiger charge is -2.28. The minimum atomic E-state index is -0.339. The molecule has 4 N–H and O–H groups in total. The third-order valence-corrected chi connectivity index (χ3v) is 9.38. The molecule has 12 heteroatoms. The summed E-state index contributed by atoms with van der Waals surface area (Å²) in [4.78, 5) is 27.9. The first-order valence-electron chi connectivity index (χ1n) is 13.9. The smallest absolute Gasteiger partial charge is 0.251 e. The Labute approximate surface area is 263 Å². The highest BCUT2D eigenvalue weighted by molar-refractivity contribution is 7.23. The van der Waals surface area contributed by atoms with Crippen molar-refractivity contribution in [1.82, 2.24) is 20.3 Å². The van der Waals surface area contributed by atoms with Crippen molar-refractivity contribution in [2.75, 3.05) is 32.4 Å². The Bertz CT molecular complexity index is 1790. The van der Waals surface area contributed by atoms with Crippen LogP contribution in [0.15, 0.2) is 71.5 Å². The first-order valence-corrected chi connectivity index (χ1v) is 15.6. The number of carbonyl (C=O) groups excluding carboxylic acids is 1. The van der Waals surface area contributed by atoms with Gasteiger partial charge in [-0.2, -0.15) is 0 Å². The number of ether oxygens (including phenoxy) is 3. The summed E-state index contributed by atoms with van der Waals surface area (Å²) in [5.41, 5.74) is 12.3. The van der Waals surface area contributed by atoms with Crippen molar-refractivity contribution < 1.29 is 19.0 Å². The number of hydrogen-bond donors (Lipinski definition) is 3. The van der Waals surface area contributed by atoms with E-state index in [0.717, 1.165) is 43.8 Å². The van der Waals surface area contributed by atoms with Gasteiger partial charge in [0.2, 0.25) is 0 Å². The van der Waals surface area contributed by atoms with Crippen molar-refractivity contribution in [3.63, 3.8) is 0 Å². The second kappa shape index (κ2) is 12.7. The van der Waals surface area contributed by atoms with Gasteiger partial charge < -0.3 is 30.6 Å². The summed E-state index contributed by atoms with van der Waals surface area (Å²) >= 11 is 2.88. The number of aryl methyl sites for hydroxylation is 1. The van der Waals surface area contributed by atoms with E-state index in [2.05, 4.69) is 26.7 Å². The Kier molecular flexibility index (Phi) is 8.58. The number of rotatable bonds is 9. The van der Waals surface area contributed by atoms with Gasteiger partial charge in [-0.3, -0.25) is 9.78 Å². The Morgan fingerprint density at radius 2 is 1.95 bits per heavy atom. The van der Waals surface area contributed by atoms with E-state index in [-0.39, 0.29) is 24.2 Å². The summed E-state index contributed by atoms with van der Waals surface area (Å²) in [5, 5.41) is 9.75. The summed E-state index contributed by atoms with van der Waals surface area (Å²) in [6.45, 7) is 1.97. The molecule has 6 rings (SSSR count). The minimum Gasteiger partial charge on any atom is -0.498 e. The van der Waals surface area contributed by atoms with Gasteiger partial charge in [-0.15, -0.1) is 11.3 Å². The molecule has 2 aliphatic carbocycles. The number of nitrogens with two attached hydrogens (primary N) is 1. The summed E-state index contributed by atoms with van der Waals surface area (Å²) in [6.07, 6.45) is 7.78. The zero-order valence-corrected chi connectivity index (χ0v) is 26.3. The molecule has 3 atom stereocenters. The normalized spacial score (nSPS) is 19.1. The lowest BCUT2D eigenvalue weighted by molar-refractivity contribution is -0.0189. The van der Waals surface area contributed by atoms with Gasteiger partial charge in [0.15, 0.2) is 5.13 Å². The maximum atomic E-state index is 13.2. The standard InChI is InChI=1S/C32H32N6O4S2/c1-17-8-9-19-13-21(10-11-23(19)34-17)35-30(39)20-7-5-6-18(12-20)24-16-43-31(37-24)28-29(33)38-32(44-28)36-22-14-25(40-2)27(42-4)26(15-22)41-3/h5-12,14-16,21,25,27H,13,33H2,1-4H3,(H,35,39)(H,36,38). The summed E-state index contributed by atoms with van der Waals surface area (Å²) in [6, 6.07) is 11.4. The topological polar surface area (TPSA) is 134 Å². The second-order valence-electron chi connectivity index (χ2n) is 10.3. The van der Waals surface area contributed by atoms with E-state index >= 15 is 0 Å². The third kappa shape index (κ3) is 6.15. The molecule has 0 bridgehead atoms. The van der Waals surface area contributed by atoms with Crippen LogP contribution in [0, 0.1) is 6.92 Å². The van der Waals surface area contributed by atoms with Crippen LogP contribution in [0.2, 0.25) is 0 Å². The molecule has 226 valence electrons. The number of thiazole rings is 2. The molecule has 2 aliphatic rings. The number of fused-ring (bicyclic) bond motifs is 1. The molecular weight excluding hydrogens is 597 g/mol. The lowest BCUT2D eigenvalue weighted by Crippen LogP contribution is -2.36. The minimum absolute atomic E-state index is 0.103. The largest absolute Gasteiger partial charge is 0.498 e. The van der Waals surface area contributed by atoms with Crippen LogP contribution in [0.25, 0.3) is 27.2 Å². The van der Waals surface area contributed by atoms with Crippen LogP contribution in [0.5, 0.6) is 0 Å². The molecule has 3 unspecified atom stereocenters. The molecule has 0 spiro atoms. The van der Waals surface area contributed by atoms with E-state index in [1.54, 1.807) is 21.3 Å². The Balaban J connectivity index is 1.15. The lowest BCUT2D eigenvalue weighted by atomic mass is 9.97. The summed E-state index contributed by atoms with van der Waals surface area (Å²) < 4.78 is 16.6. The number of aromatic nitrogens is 3. The van der Waals surface area contributed by atoms with E-state index in [1.165, 1.54) is 22.7 Å². The molecule has 0 saturated carbocycles. The van der Waals surface area contributed by atoms with Crippen molar-refractivity contribution >= 4 is 45.6 Å². The fourth-order valence-electron chi connectivity index (χ4n) is 5.18. The average molecular weight is 629 g/mol. The maximum absolute atomic E-state index is 13.2. The van der Waals surface area contributed by atoms with Crippen molar-refractivity contribution in [3.05, 3.63) is 94.0 Å². The van der Waals surface area contributed by atoms with Crippen molar-refractivity contribution in [1.29, 1.82) is 0 Å². The first-order chi connectivity index (χ1) is 21.3. The molecule has 3 heterocycles. The highest BCUT2D eigenvalue weighted by Gasteiger charge is 2.29. The molecular formula is C32H32N6O4S2. The number of amides is 1. The quantitative estimate of drug-likeness (QED) is 0.221. The van der Waals surface area contributed by atoms with Gasteiger partial charge in [-0.25, -0.2) is 9.97 Å². The molecule has 0 aliphatic heterocycles. The van der Waals surface area contributed by atoms with Gasteiger partial charge in [0, 0.05) is 48.2 Å². The molecule has 0 fully saturated rings. The van der Waals surface area contributed by atoms with Crippen LogP contribution in [0.3, 0.4) is 0 Å². The predicted octanol–water partition coefficient (Wildman–Crippen LogP) is 5.46. The fourth-order valence-corrected chi connectivity index (χ4v) is 7.02. The number of anilines is 2. The van der Waals surface area contributed by atoms with Crippen LogP contribution in [-0.4, -0.2) is 60.4 Å². The molecule has 44 heavy (non-hydrogen) atoms. The molecule has 4 aromatic rings. The Hall–Kier alpha value is -4.36. The number of benzene rings is 1. The zero-order chi connectivity index (χ0) is 30.8. The highest BCUT2D eigenvalue weighted by Crippen LogP contribution is 2.39. The van der Waals surface area contributed by atoms with Gasteiger partial charge in [0.05, 0.1) is 24.5 Å². The number of pyridine rings is 1. The number of nitrogen functional groups attached to an aromatic ring is 1. The third-order valence-electron chi connectivity index (χ3n) is 7.40. The van der Waals surface area contributed by atoms with E-state index in [9.17, 15) is 4.79 Å². The summed E-state index contributed by atoms with van der Waals surface area (Å²) in [7, 11) is 4.84. The van der Waals surface area contributed by atoms with Gasteiger partial charge in [-0.1, -0.05) is 35.6 Å². The van der Waals surface area contributed by atoms with Crippen LogP contribution in [-0.2, 0) is 20.6 Å². The van der Waals surface area contributed by atoms with Crippen LogP contribution < -0.4 is 16.4 Å². The number of allylic oxidation sites excluding steroid dienone is 1. The van der Waals surface area contributed by atoms with Crippen LogP contribution in [0.4, 0.5) is 10.9 Å². The zero-order valence-electron chi connectivity index (χ0n) is 24.7. The van der Waals surface area contributed by atoms with Crippen molar-refractivity contribution in [3.8, 4) is 21.1 Å². The fraction of sp³-hybridized carbons (Fsp3) is 0.250. The number of carbonyl (C=O) groups is 1. The Morgan fingerprint density at radius 1 is 1.09 bits per heavy atom. The molecule has 0 saturated heterocycles. The highest BCUT2D eigenvalue weighted by atomic mass is 32.1. The van der Waals surface area contributed by atoms with E-state index in [0.29, 0.717) is 28.7 Å². The maximum Gasteiger partial charge on any atom is 0.251 e. The van der Waals surface area contributed by atoms with Gasteiger partial charge in [0.1, 0.15) is 33.7 Å². The molecule has 3 aromatic heterocycles. The van der Waals surface area contributed by atoms with Crippen LogP contribution >= 0.6 is 22.7 Å². The SMILES string of the molecule is COC1=CC(Nc2nc(N)c(-c3nc(-c4cccc(C(=O)NC5C=Cc6nc(C)ccc6C5)c4)cs3)s2)=CC(OC)C1OC. The second-order valence-corrected chi connectivity index (χ2v) is 12.2. The number of nitrogens with one attached hydrogen (secondary N) is 2.